The number of nitrogens with zero attached hydrogens (tertiary/aromatic N) is 4. The molecule has 178 valence electrons. The van der Waals surface area contributed by atoms with Crippen LogP contribution < -0.4 is 5.32 Å². The molecular weight excluding hydrogens is 461 g/mol. The number of carbonyl (C=O) groups excluding carboxylic acids is 1. The maximum atomic E-state index is 14.5. The Hall–Kier alpha value is -3.49. The van der Waals surface area contributed by atoms with Crippen LogP contribution in [0.15, 0.2) is 90.1 Å². The second-order valence-electron chi connectivity index (χ2n) is 8.52. The molecule has 1 amide bonds. The van der Waals surface area contributed by atoms with Crippen molar-refractivity contribution in [3.63, 3.8) is 0 Å². The lowest BCUT2D eigenvalue weighted by atomic mass is 10.2. The summed E-state index contributed by atoms with van der Waals surface area (Å²) < 4.78 is 16.3. The number of hydrogen-bond acceptors (Lipinski definition) is 5. The van der Waals surface area contributed by atoms with Gasteiger partial charge in [-0.15, -0.1) is 10.2 Å². The van der Waals surface area contributed by atoms with E-state index >= 15 is 0 Å². The molecule has 6 nitrogen and oxygen atoms in total. The van der Waals surface area contributed by atoms with Gasteiger partial charge in [-0.05, 0) is 36.2 Å². The van der Waals surface area contributed by atoms with Crippen LogP contribution in [0.3, 0.4) is 0 Å². The maximum Gasteiger partial charge on any atom is 0.230 e. The van der Waals surface area contributed by atoms with Crippen LogP contribution in [0.25, 0.3) is 17.1 Å². The lowest BCUT2D eigenvalue weighted by Gasteiger charge is -2.17. The van der Waals surface area contributed by atoms with Crippen LogP contribution in [0.5, 0.6) is 0 Å². The predicted octanol–water partition coefficient (Wildman–Crippen LogP) is 4.56. The number of likely N-dealkylation sites (tertiary alicyclic amines) is 1. The molecular formula is C27H26FN5OS. The molecule has 0 bridgehead atoms. The van der Waals surface area contributed by atoms with Crippen LogP contribution in [-0.4, -0.2) is 50.5 Å². The number of nitrogens with one attached hydrogen (secondary N) is 1. The van der Waals surface area contributed by atoms with E-state index in [1.165, 1.54) is 23.4 Å². The Bertz CT molecular complexity index is 1280. The molecule has 8 heteroatoms. The summed E-state index contributed by atoms with van der Waals surface area (Å²) in [5, 5.41) is 12.3. The fourth-order valence-electron chi connectivity index (χ4n) is 4.33. The number of rotatable bonds is 8. The lowest BCUT2D eigenvalue weighted by molar-refractivity contribution is -0.119. The van der Waals surface area contributed by atoms with Crippen molar-refractivity contribution in [2.24, 2.45) is 0 Å². The molecule has 0 saturated carbocycles. The first-order chi connectivity index (χ1) is 17.2. The monoisotopic (exact) mass is 487 g/mol. The van der Waals surface area contributed by atoms with E-state index in [0.717, 1.165) is 31.7 Å². The summed E-state index contributed by atoms with van der Waals surface area (Å²) in [5.74, 6) is 0.200. The fraction of sp³-hybridized carbons (Fsp3) is 0.222. The Morgan fingerprint density at radius 2 is 1.69 bits per heavy atom. The Labute approximate surface area is 208 Å². The molecule has 5 rings (SSSR count). The summed E-state index contributed by atoms with van der Waals surface area (Å²) in [6.07, 6.45) is 0.931. The van der Waals surface area contributed by atoms with Gasteiger partial charge in [0.05, 0.1) is 11.3 Å². The maximum absolute atomic E-state index is 14.5. The zero-order valence-electron chi connectivity index (χ0n) is 19.2. The summed E-state index contributed by atoms with van der Waals surface area (Å²) in [4.78, 5) is 15.1. The van der Waals surface area contributed by atoms with E-state index in [4.69, 9.17) is 0 Å². The molecule has 1 aliphatic heterocycles. The van der Waals surface area contributed by atoms with E-state index in [9.17, 15) is 9.18 Å². The topological polar surface area (TPSA) is 63.1 Å². The van der Waals surface area contributed by atoms with Crippen LogP contribution in [0.4, 0.5) is 4.39 Å². The minimum absolute atomic E-state index is 0.0448. The highest BCUT2D eigenvalue weighted by Crippen LogP contribution is 2.29. The van der Waals surface area contributed by atoms with Gasteiger partial charge in [0.1, 0.15) is 5.82 Å². The zero-order chi connectivity index (χ0) is 24.0. The van der Waals surface area contributed by atoms with Gasteiger partial charge in [-0.3, -0.25) is 14.3 Å². The molecule has 1 unspecified atom stereocenters. The smallest absolute Gasteiger partial charge is 0.230 e. The van der Waals surface area contributed by atoms with E-state index in [1.807, 2.05) is 48.5 Å². The van der Waals surface area contributed by atoms with Crippen LogP contribution in [0.2, 0.25) is 0 Å². The Morgan fingerprint density at radius 3 is 2.46 bits per heavy atom. The van der Waals surface area contributed by atoms with Gasteiger partial charge in [0, 0.05) is 31.4 Å². The Morgan fingerprint density at radius 1 is 0.971 bits per heavy atom. The molecule has 0 spiro atoms. The summed E-state index contributed by atoms with van der Waals surface area (Å²) in [5.41, 5.74) is 2.46. The van der Waals surface area contributed by atoms with Gasteiger partial charge in [0.25, 0.3) is 0 Å². The Kier molecular flexibility index (Phi) is 7.20. The summed E-state index contributed by atoms with van der Waals surface area (Å²) >= 11 is 1.30. The number of carbonyl (C=O) groups is 1. The average Bonchev–Trinajstić information content (AvgIpc) is 3.51. The predicted molar refractivity (Wildman–Crippen MR) is 136 cm³/mol. The van der Waals surface area contributed by atoms with Crippen LogP contribution in [0, 0.1) is 5.82 Å². The van der Waals surface area contributed by atoms with Gasteiger partial charge in [0.15, 0.2) is 11.0 Å². The number of thioether (sulfide) groups is 1. The molecule has 1 fully saturated rings. The number of para-hydroxylation sites is 1. The van der Waals surface area contributed by atoms with Crippen molar-refractivity contribution >= 4 is 17.7 Å². The molecule has 2 heterocycles. The first kappa shape index (κ1) is 23.3. The third-order valence-electron chi connectivity index (χ3n) is 5.98. The normalized spacial score (nSPS) is 15.9. The first-order valence-electron chi connectivity index (χ1n) is 11.6. The average molecular weight is 488 g/mol. The summed E-state index contributed by atoms with van der Waals surface area (Å²) in [7, 11) is 0. The molecule has 4 aromatic rings. The van der Waals surface area contributed by atoms with Crippen molar-refractivity contribution in [1.29, 1.82) is 0 Å². The van der Waals surface area contributed by atoms with Crippen LogP contribution >= 0.6 is 11.8 Å². The van der Waals surface area contributed by atoms with Gasteiger partial charge in [0.2, 0.25) is 5.91 Å². The second kappa shape index (κ2) is 10.8. The molecule has 3 aromatic carbocycles. The quantitative estimate of drug-likeness (QED) is 0.369. The number of aromatic nitrogens is 3. The number of amides is 1. The lowest BCUT2D eigenvalue weighted by Crippen LogP contribution is -2.38. The van der Waals surface area contributed by atoms with E-state index in [2.05, 4.69) is 32.5 Å². The van der Waals surface area contributed by atoms with Crippen molar-refractivity contribution in [2.45, 2.75) is 24.2 Å². The van der Waals surface area contributed by atoms with Gasteiger partial charge in [-0.25, -0.2) is 4.39 Å². The third kappa shape index (κ3) is 5.61. The highest BCUT2D eigenvalue weighted by Gasteiger charge is 2.24. The molecule has 1 saturated heterocycles. The van der Waals surface area contributed by atoms with Crippen LogP contribution in [-0.2, 0) is 11.3 Å². The SMILES string of the molecule is O=C(CSc1nnc(-c2ccccc2F)n1-c1ccccc1)NC1CCN(Cc2ccccc2)C1. The highest BCUT2D eigenvalue weighted by atomic mass is 32.2. The molecule has 1 aromatic heterocycles. The van der Waals surface area contributed by atoms with Gasteiger partial charge < -0.3 is 5.32 Å². The Balaban J connectivity index is 1.24. The molecule has 0 aliphatic carbocycles. The van der Waals surface area contributed by atoms with Gasteiger partial charge in [-0.2, -0.15) is 0 Å². The van der Waals surface area contributed by atoms with E-state index in [1.54, 1.807) is 22.8 Å². The van der Waals surface area contributed by atoms with Crippen molar-refractivity contribution in [3.8, 4) is 17.1 Å². The molecule has 0 radical (unpaired) electrons. The van der Waals surface area contributed by atoms with Crippen molar-refractivity contribution in [1.82, 2.24) is 25.0 Å². The number of hydrogen-bond donors (Lipinski definition) is 1. The van der Waals surface area contributed by atoms with E-state index in [0.29, 0.717) is 16.5 Å². The minimum Gasteiger partial charge on any atom is -0.351 e. The summed E-state index contributed by atoms with van der Waals surface area (Å²) in [6.45, 7) is 2.69. The molecule has 35 heavy (non-hydrogen) atoms. The van der Waals surface area contributed by atoms with Crippen molar-refractivity contribution in [3.05, 3.63) is 96.3 Å². The largest absolute Gasteiger partial charge is 0.351 e. The van der Waals surface area contributed by atoms with Crippen molar-refractivity contribution in [2.75, 3.05) is 18.8 Å². The van der Waals surface area contributed by atoms with E-state index < -0.39 is 0 Å². The number of benzene rings is 3. The van der Waals surface area contributed by atoms with Crippen LogP contribution in [0.1, 0.15) is 12.0 Å². The van der Waals surface area contributed by atoms with Gasteiger partial charge in [-0.1, -0.05) is 72.4 Å². The van der Waals surface area contributed by atoms with Gasteiger partial charge >= 0.3 is 0 Å². The second-order valence-corrected chi connectivity index (χ2v) is 9.46. The number of halogens is 1. The van der Waals surface area contributed by atoms with Crippen molar-refractivity contribution < 1.29 is 9.18 Å². The first-order valence-corrected chi connectivity index (χ1v) is 12.6. The molecule has 1 atom stereocenters. The standard InChI is InChI=1S/C27H26FN5OS/c28-24-14-8-7-13-23(24)26-30-31-27(33(26)22-11-5-2-6-12-22)35-19-25(34)29-21-15-16-32(18-21)17-20-9-3-1-4-10-20/h1-14,21H,15-19H2,(H,29,34). The molecule has 1 aliphatic rings. The zero-order valence-corrected chi connectivity index (χ0v) is 20.0. The van der Waals surface area contributed by atoms with E-state index in [-0.39, 0.29) is 23.5 Å². The fourth-order valence-corrected chi connectivity index (χ4v) is 5.09. The highest BCUT2D eigenvalue weighted by molar-refractivity contribution is 7.99. The molecule has 1 N–H and O–H groups in total. The third-order valence-corrected chi connectivity index (χ3v) is 6.91. The summed E-state index contributed by atoms with van der Waals surface area (Å²) in [6, 6.07) is 26.6. The minimum atomic E-state index is -0.368.